The fraction of sp³-hybridized carbons (Fsp3) is 0.421. The number of nitrogens with zero attached hydrogens (tertiary/aromatic N) is 1. The Morgan fingerprint density at radius 3 is 2.70 bits per heavy atom. The molecule has 0 aliphatic heterocycles. The van der Waals surface area contributed by atoms with Gasteiger partial charge in [0, 0.05) is 23.5 Å². The van der Waals surface area contributed by atoms with E-state index in [1.54, 1.807) is 47.4 Å². The Morgan fingerprint density at radius 2 is 2.07 bits per heavy atom. The van der Waals surface area contributed by atoms with Crippen LogP contribution in [0.25, 0.3) is 0 Å². The molecule has 5 nitrogen and oxygen atoms in total. The van der Waals surface area contributed by atoms with Gasteiger partial charge in [-0.05, 0) is 37.5 Å². The molecule has 0 saturated heterocycles. The van der Waals surface area contributed by atoms with Gasteiger partial charge >= 0.3 is 0 Å². The zero-order valence-electron chi connectivity index (χ0n) is 15.6. The lowest BCUT2D eigenvalue weighted by atomic mass is 10.1. The summed E-state index contributed by atoms with van der Waals surface area (Å²) in [5, 5.41) is 9.12. The Labute approximate surface area is 173 Å². The number of benzene rings is 1. The third kappa shape index (κ3) is 6.52. The topological polar surface area (TPSA) is 71.1 Å². The van der Waals surface area contributed by atoms with Crippen LogP contribution in [0.3, 0.4) is 0 Å². The Bertz CT molecular complexity index is 782. The summed E-state index contributed by atoms with van der Waals surface area (Å²) in [7, 11) is 0. The number of carbonyl (C=O) groups excluding carboxylic acids is 2. The SMILES string of the molecule is CSCC[C@H](NC(=O)c1ccccc1Cl)C(=O)NC[C@@H](C)c1nc(C)cs1. The summed E-state index contributed by atoms with van der Waals surface area (Å²) >= 11 is 9.31. The second-order valence-electron chi connectivity index (χ2n) is 6.26. The number of thiazole rings is 1. The first kappa shape index (κ1) is 21.7. The van der Waals surface area contributed by atoms with Crippen molar-refractivity contribution in [1.82, 2.24) is 15.6 Å². The molecule has 2 N–H and O–H groups in total. The Hall–Kier alpha value is -1.57. The summed E-state index contributed by atoms with van der Waals surface area (Å²) in [6, 6.07) is 6.21. The lowest BCUT2D eigenvalue weighted by Crippen LogP contribution is -2.47. The number of nitrogens with one attached hydrogen (secondary N) is 2. The molecule has 1 heterocycles. The van der Waals surface area contributed by atoms with Gasteiger partial charge in [-0.15, -0.1) is 11.3 Å². The second kappa shape index (κ2) is 10.7. The summed E-state index contributed by atoms with van der Waals surface area (Å²) in [4.78, 5) is 29.6. The van der Waals surface area contributed by atoms with Gasteiger partial charge in [-0.1, -0.05) is 30.7 Å². The first-order valence-corrected chi connectivity index (χ1v) is 11.3. The van der Waals surface area contributed by atoms with Crippen molar-refractivity contribution in [3.63, 3.8) is 0 Å². The second-order valence-corrected chi connectivity index (χ2v) is 8.54. The molecule has 0 aliphatic carbocycles. The average Bonchev–Trinajstić information content (AvgIpc) is 3.09. The summed E-state index contributed by atoms with van der Waals surface area (Å²) < 4.78 is 0. The molecule has 1 aromatic carbocycles. The number of hydrogen-bond acceptors (Lipinski definition) is 5. The molecule has 0 radical (unpaired) electrons. The molecule has 0 fully saturated rings. The van der Waals surface area contributed by atoms with E-state index in [0.717, 1.165) is 16.5 Å². The maximum Gasteiger partial charge on any atom is 0.253 e. The quantitative estimate of drug-likeness (QED) is 0.639. The molecule has 1 aromatic heterocycles. The number of thioether (sulfide) groups is 1. The van der Waals surface area contributed by atoms with Gasteiger partial charge in [-0.3, -0.25) is 9.59 Å². The monoisotopic (exact) mass is 425 g/mol. The highest BCUT2D eigenvalue weighted by atomic mass is 35.5. The molecule has 2 aromatic rings. The minimum absolute atomic E-state index is 0.119. The van der Waals surface area contributed by atoms with Gasteiger partial charge < -0.3 is 10.6 Å². The highest BCUT2D eigenvalue weighted by Gasteiger charge is 2.23. The van der Waals surface area contributed by atoms with E-state index in [1.165, 1.54) is 0 Å². The van der Waals surface area contributed by atoms with Crippen molar-refractivity contribution < 1.29 is 9.59 Å². The van der Waals surface area contributed by atoms with Crippen LogP contribution in [0.2, 0.25) is 5.02 Å². The highest BCUT2D eigenvalue weighted by Crippen LogP contribution is 2.19. The largest absolute Gasteiger partial charge is 0.354 e. The minimum Gasteiger partial charge on any atom is -0.354 e. The van der Waals surface area contributed by atoms with Crippen LogP contribution in [0.1, 0.15) is 40.3 Å². The van der Waals surface area contributed by atoms with Crippen LogP contribution in [-0.2, 0) is 4.79 Å². The van der Waals surface area contributed by atoms with Gasteiger partial charge in [0.1, 0.15) is 6.04 Å². The molecule has 0 unspecified atom stereocenters. The first-order chi connectivity index (χ1) is 12.9. The number of halogens is 1. The van der Waals surface area contributed by atoms with Gasteiger partial charge in [-0.25, -0.2) is 4.98 Å². The predicted octanol–water partition coefficient (Wildman–Crippen LogP) is 3.88. The van der Waals surface area contributed by atoms with Gasteiger partial charge in [0.2, 0.25) is 5.91 Å². The maximum absolute atomic E-state index is 12.7. The van der Waals surface area contributed by atoms with Crippen LogP contribution < -0.4 is 10.6 Å². The third-order valence-electron chi connectivity index (χ3n) is 3.99. The molecule has 0 bridgehead atoms. The zero-order valence-corrected chi connectivity index (χ0v) is 18.0. The van der Waals surface area contributed by atoms with Crippen molar-refractivity contribution in [3.8, 4) is 0 Å². The van der Waals surface area contributed by atoms with Crippen LogP contribution in [0, 0.1) is 6.92 Å². The van der Waals surface area contributed by atoms with E-state index in [-0.39, 0.29) is 17.7 Å². The average molecular weight is 426 g/mol. The summed E-state index contributed by atoms with van der Waals surface area (Å²) in [6.07, 6.45) is 2.52. The minimum atomic E-state index is -0.605. The summed E-state index contributed by atoms with van der Waals surface area (Å²) in [5.41, 5.74) is 1.35. The molecule has 27 heavy (non-hydrogen) atoms. The summed E-state index contributed by atoms with van der Waals surface area (Å²) in [6.45, 7) is 4.45. The highest BCUT2D eigenvalue weighted by molar-refractivity contribution is 7.98. The van der Waals surface area contributed by atoms with Gasteiger partial charge in [0.05, 0.1) is 15.6 Å². The van der Waals surface area contributed by atoms with E-state index in [0.29, 0.717) is 23.6 Å². The molecular weight excluding hydrogens is 402 g/mol. The first-order valence-electron chi connectivity index (χ1n) is 8.66. The fourth-order valence-electron chi connectivity index (χ4n) is 2.45. The number of hydrogen-bond donors (Lipinski definition) is 2. The fourth-order valence-corrected chi connectivity index (χ4v) is 4.00. The van der Waals surface area contributed by atoms with Crippen molar-refractivity contribution in [3.05, 3.63) is 50.9 Å². The van der Waals surface area contributed by atoms with Crippen molar-refractivity contribution in [2.24, 2.45) is 0 Å². The molecule has 2 amide bonds. The smallest absolute Gasteiger partial charge is 0.253 e. The lowest BCUT2D eigenvalue weighted by Gasteiger charge is -2.19. The normalized spacial score (nSPS) is 13.0. The standard InChI is InChI=1S/C19H24ClN3O2S2/c1-12(19-22-13(2)11-27-19)10-21-18(25)16(8-9-26-3)23-17(24)14-6-4-5-7-15(14)20/h4-7,11-12,16H,8-10H2,1-3H3,(H,21,25)(H,23,24)/t12-,16+/m1/s1. The van der Waals surface area contributed by atoms with Crippen LogP contribution >= 0.6 is 34.7 Å². The molecule has 8 heteroatoms. The van der Waals surface area contributed by atoms with Crippen LogP contribution in [0.15, 0.2) is 29.6 Å². The van der Waals surface area contributed by atoms with E-state index in [4.69, 9.17) is 11.6 Å². The predicted molar refractivity (Wildman–Crippen MR) is 114 cm³/mol. The number of rotatable bonds is 9. The van der Waals surface area contributed by atoms with Crippen LogP contribution in [0.5, 0.6) is 0 Å². The number of amides is 2. The van der Waals surface area contributed by atoms with Gasteiger partial charge in [0.15, 0.2) is 0 Å². The zero-order chi connectivity index (χ0) is 19.8. The molecule has 2 rings (SSSR count). The Balaban J connectivity index is 1.98. The van der Waals surface area contributed by atoms with Crippen molar-refractivity contribution >= 4 is 46.5 Å². The van der Waals surface area contributed by atoms with Crippen molar-refractivity contribution in [2.75, 3.05) is 18.6 Å². The van der Waals surface area contributed by atoms with E-state index >= 15 is 0 Å². The van der Waals surface area contributed by atoms with Crippen LogP contribution in [-0.4, -0.2) is 41.4 Å². The van der Waals surface area contributed by atoms with E-state index in [2.05, 4.69) is 15.6 Å². The van der Waals surface area contributed by atoms with Crippen LogP contribution in [0.4, 0.5) is 0 Å². The van der Waals surface area contributed by atoms with E-state index in [9.17, 15) is 9.59 Å². The molecule has 0 spiro atoms. The third-order valence-corrected chi connectivity index (χ3v) is 6.16. The number of aromatic nitrogens is 1. The Morgan fingerprint density at radius 1 is 1.33 bits per heavy atom. The molecule has 2 atom stereocenters. The summed E-state index contributed by atoms with van der Waals surface area (Å²) in [5.74, 6) is 0.352. The maximum atomic E-state index is 12.7. The van der Waals surface area contributed by atoms with E-state index < -0.39 is 6.04 Å². The molecule has 0 aliphatic rings. The molecular formula is C19H24ClN3O2S2. The Kier molecular flexibility index (Phi) is 8.60. The number of carbonyl (C=O) groups is 2. The van der Waals surface area contributed by atoms with Crippen molar-refractivity contribution in [1.29, 1.82) is 0 Å². The van der Waals surface area contributed by atoms with E-state index in [1.807, 2.05) is 25.5 Å². The molecule has 0 saturated carbocycles. The van der Waals surface area contributed by atoms with Crippen molar-refractivity contribution in [2.45, 2.75) is 32.2 Å². The van der Waals surface area contributed by atoms with Gasteiger partial charge in [0.25, 0.3) is 5.91 Å². The number of aryl methyl sites for hydroxylation is 1. The molecule has 146 valence electrons. The van der Waals surface area contributed by atoms with Gasteiger partial charge in [-0.2, -0.15) is 11.8 Å². The lowest BCUT2D eigenvalue weighted by molar-refractivity contribution is -0.123.